The molecule has 2 amide bonds. The molecule has 2 rings (SSSR count). The van der Waals surface area contributed by atoms with Crippen molar-refractivity contribution < 1.29 is 13.9 Å². The topological polar surface area (TPSA) is 56.8 Å². The first-order chi connectivity index (χ1) is 11.4. The number of amides is 2. The predicted molar refractivity (Wildman–Crippen MR) is 91.8 cm³/mol. The summed E-state index contributed by atoms with van der Waals surface area (Å²) in [6.45, 7) is 5.77. The maximum absolute atomic E-state index is 13.1. The average molecular weight is 338 g/mol. The Morgan fingerprint density at radius 2 is 2.17 bits per heavy atom. The largest absolute Gasteiger partial charge is 0.489 e. The number of hydrogen-bond acceptors (Lipinski definition) is 4. The second kappa shape index (κ2) is 8.84. The highest BCUT2D eigenvalue weighted by molar-refractivity contribution is 5.73. The molecule has 1 aromatic rings. The summed E-state index contributed by atoms with van der Waals surface area (Å²) in [6, 6.07) is 6.07. The third-order valence-electron chi connectivity index (χ3n) is 4.16. The van der Waals surface area contributed by atoms with Gasteiger partial charge in [-0.3, -0.25) is 4.90 Å². The van der Waals surface area contributed by atoms with Crippen LogP contribution in [-0.4, -0.2) is 74.8 Å². The summed E-state index contributed by atoms with van der Waals surface area (Å²) in [4.78, 5) is 16.4. The maximum atomic E-state index is 13.1. The van der Waals surface area contributed by atoms with Gasteiger partial charge >= 0.3 is 6.03 Å². The van der Waals surface area contributed by atoms with Gasteiger partial charge in [-0.1, -0.05) is 6.07 Å². The lowest BCUT2D eigenvalue weighted by molar-refractivity contribution is 0.114. The van der Waals surface area contributed by atoms with E-state index in [9.17, 15) is 9.18 Å². The first-order valence-corrected chi connectivity index (χ1v) is 8.26. The van der Waals surface area contributed by atoms with Gasteiger partial charge in [-0.15, -0.1) is 0 Å². The fourth-order valence-corrected chi connectivity index (χ4v) is 2.65. The van der Waals surface area contributed by atoms with Gasteiger partial charge in [0.05, 0.1) is 6.54 Å². The van der Waals surface area contributed by atoms with Crippen molar-refractivity contribution in [3.63, 3.8) is 0 Å². The van der Waals surface area contributed by atoms with Crippen LogP contribution in [0.5, 0.6) is 5.75 Å². The fraction of sp³-hybridized carbons (Fsp3) is 0.588. The van der Waals surface area contributed by atoms with E-state index in [1.807, 2.05) is 6.92 Å². The Labute approximate surface area is 142 Å². The van der Waals surface area contributed by atoms with E-state index in [1.54, 1.807) is 12.1 Å². The Balaban J connectivity index is 1.67. The molecule has 134 valence electrons. The van der Waals surface area contributed by atoms with E-state index in [4.69, 9.17) is 4.74 Å². The number of benzene rings is 1. The second-order valence-corrected chi connectivity index (χ2v) is 6.37. The number of carbonyl (C=O) groups is 1. The van der Waals surface area contributed by atoms with E-state index >= 15 is 0 Å². The van der Waals surface area contributed by atoms with Crippen LogP contribution in [-0.2, 0) is 0 Å². The molecule has 2 atom stereocenters. The number of nitrogens with one attached hydrogen (secondary N) is 2. The molecular formula is C17H27FN4O2. The van der Waals surface area contributed by atoms with Crippen molar-refractivity contribution in [1.82, 2.24) is 20.4 Å². The van der Waals surface area contributed by atoms with Crippen molar-refractivity contribution in [2.24, 2.45) is 0 Å². The molecule has 0 aliphatic carbocycles. The molecule has 2 N–H and O–H groups in total. The Morgan fingerprint density at radius 1 is 1.38 bits per heavy atom. The van der Waals surface area contributed by atoms with Crippen LogP contribution in [0.4, 0.5) is 9.18 Å². The number of hydrogen-bond donors (Lipinski definition) is 2. The van der Waals surface area contributed by atoms with E-state index in [2.05, 4.69) is 34.5 Å². The van der Waals surface area contributed by atoms with Crippen molar-refractivity contribution in [2.45, 2.75) is 19.1 Å². The second-order valence-electron chi connectivity index (χ2n) is 6.37. The maximum Gasteiger partial charge on any atom is 0.314 e. The Hall–Kier alpha value is -1.86. The van der Waals surface area contributed by atoms with Gasteiger partial charge in [-0.05, 0) is 33.2 Å². The summed E-state index contributed by atoms with van der Waals surface area (Å²) < 4.78 is 18.7. The van der Waals surface area contributed by atoms with Crippen LogP contribution in [0.3, 0.4) is 0 Å². The lowest BCUT2D eigenvalue weighted by atomic mass is 10.2. The molecule has 1 fully saturated rings. The van der Waals surface area contributed by atoms with Crippen LogP contribution in [0.1, 0.15) is 6.92 Å². The van der Waals surface area contributed by atoms with Crippen molar-refractivity contribution in [3.05, 3.63) is 30.1 Å². The van der Waals surface area contributed by atoms with Crippen LogP contribution in [0.15, 0.2) is 24.3 Å². The molecule has 0 bridgehead atoms. The van der Waals surface area contributed by atoms with Gasteiger partial charge in [0.25, 0.3) is 0 Å². The molecule has 1 aliphatic heterocycles. The van der Waals surface area contributed by atoms with E-state index in [1.165, 1.54) is 12.1 Å². The van der Waals surface area contributed by atoms with Crippen LogP contribution < -0.4 is 15.4 Å². The average Bonchev–Trinajstić information content (AvgIpc) is 2.54. The lowest BCUT2D eigenvalue weighted by Gasteiger charge is -2.37. The molecule has 1 heterocycles. The van der Waals surface area contributed by atoms with Gasteiger partial charge in [0.1, 0.15) is 17.7 Å². The molecule has 7 heteroatoms. The smallest absolute Gasteiger partial charge is 0.314 e. The van der Waals surface area contributed by atoms with E-state index in [0.717, 1.165) is 19.6 Å². The Bertz CT molecular complexity index is 543. The minimum atomic E-state index is -0.341. The summed E-state index contributed by atoms with van der Waals surface area (Å²) in [5.74, 6) is 0.114. The number of carbonyl (C=O) groups excluding carboxylic acids is 1. The van der Waals surface area contributed by atoms with Gasteiger partial charge in [0.2, 0.25) is 0 Å². The zero-order chi connectivity index (χ0) is 17.5. The normalized spacial score (nSPS) is 20.4. The quantitative estimate of drug-likeness (QED) is 0.817. The summed E-state index contributed by atoms with van der Waals surface area (Å²) in [7, 11) is 4.16. The molecule has 0 spiro atoms. The molecule has 0 unspecified atom stereocenters. The third-order valence-corrected chi connectivity index (χ3v) is 4.16. The first-order valence-electron chi connectivity index (χ1n) is 8.26. The molecule has 0 saturated carbocycles. The number of halogens is 1. The molecule has 1 aliphatic rings. The molecular weight excluding hydrogens is 311 g/mol. The van der Waals surface area contributed by atoms with Gasteiger partial charge in [-0.25, -0.2) is 9.18 Å². The summed E-state index contributed by atoms with van der Waals surface area (Å²) in [6.07, 6.45) is -0.249. The first kappa shape index (κ1) is 18.5. The van der Waals surface area contributed by atoms with Crippen LogP contribution in [0, 0.1) is 5.82 Å². The molecule has 0 aromatic heterocycles. The number of urea groups is 1. The zero-order valence-electron chi connectivity index (χ0n) is 14.6. The molecule has 24 heavy (non-hydrogen) atoms. The van der Waals surface area contributed by atoms with Gasteiger partial charge in [0.15, 0.2) is 0 Å². The highest BCUT2D eigenvalue weighted by Gasteiger charge is 2.22. The molecule has 6 nitrogen and oxygen atoms in total. The SMILES string of the molecule is C[C@H](CNC(=O)NC[C@@H]1CN(C)CCN1C)Oc1cccc(F)c1. The number of ether oxygens (including phenoxy) is 1. The third kappa shape index (κ3) is 5.98. The van der Waals surface area contributed by atoms with E-state index in [0.29, 0.717) is 24.9 Å². The minimum Gasteiger partial charge on any atom is -0.489 e. The number of rotatable bonds is 6. The van der Waals surface area contributed by atoms with E-state index < -0.39 is 0 Å². The van der Waals surface area contributed by atoms with Crippen molar-refractivity contribution in [2.75, 3.05) is 46.8 Å². The van der Waals surface area contributed by atoms with Crippen LogP contribution in [0.25, 0.3) is 0 Å². The fourth-order valence-electron chi connectivity index (χ4n) is 2.65. The number of piperazine rings is 1. The van der Waals surface area contributed by atoms with Gasteiger partial charge in [0, 0.05) is 38.3 Å². The highest BCUT2D eigenvalue weighted by Crippen LogP contribution is 2.13. The predicted octanol–water partition coefficient (Wildman–Crippen LogP) is 1.14. The Kier molecular flexibility index (Phi) is 6.81. The van der Waals surface area contributed by atoms with Gasteiger partial charge in [-0.2, -0.15) is 0 Å². The number of nitrogens with zero attached hydrogens (tertiary/aromatic N) is 2. The van der Waals surface area contributed by atoms with Crippen LogP contribution >= 0.6 is 0 Å². The zero-order valence-corrected chi connectivity index (χ0v) is 14.6. The van der Waals surface area contributed by atoms with E-state index in [-0.39, 0.29) is 18.0 Å². The molecule has 0 radical (unpaired) electrons. The number of likely N-dealkylation sites (N-methyl/N-ethyl adjacent to an activating group) is 2. The Morgan fingerprint density at radius 3 is 2.92 bits per heavy atom. The summed E-state index contributed by atoms with van der Waals surface area (Å²) >= 11 is 0. The minimum absolute atomic E-state index is 0.216. The standard InChI is InChI=1S/C17H27FN4O2/c1-13(24-16-6-4-5-14(18)9-16)10-19-17(23)20-11-15-12-21(2)7-8-22(15)3/h4-6,9,13,15H,7-8,10-12H2,1-3H3,(H2,19,20,23)/t13-,15-/m1/s1. The molecule has 1 saturated heterocycles. The monoisotopic (exact) mass is 338 g/mol. The molecule has 1 aromatic carbocycles. The van der Waals surface area contributed by atoms with Crippen LogP contribution in [0.2, 0.25) is 0 Å². The lowest BCUT2D eigenvalue weighted by Crippen LogP contribution is -2.55. The summed E-state index contributed by atoms with van der Waals surface area (Å²) in [5, 5.41) is 5.68. The van der Waals surface area contributed by atoms with Crippen molar-refractivity contribution >= 4 is 6.03 Å². The summed E-state index contributed by atoms with van der Waals surface area (Å²) in [5.41, 5.74) is 0. The van der Waals surface area contributed by atoms with Crippen molar-refractivity contribution in [3.8, 4) is 5.75 Å². The van der Waals surface area contributed by atoms with Crippen molar-refractivity contribution in [1.29, 1.82) is 0 Å². The highest BCUT2D eigenvalue weighted by atomic mass is 19.1. The van der Waals surface area contributed by atoms with Gasteiger partial charge < -0.3 is 20.3 Å².